The molecule has 87 heavy (non-hydrogen) atoms. The first kappa shape index (κ1) is 80.8. The Hall–Kier alpha value is -4.23. The summed E-state index contributed by atoms with van der Waals surface area (Å²) in [4.78, 5) is 0. The van der Waals surface area contributed by atoms with Gasteiger partial charge in [-0.1, -0.05) is 223 Å². The Balaban J connectivity index is -0.000000288. The van der Waals surface area contributed by atoms with Crippen LogP contribution < -0.4 is 50.9 Å². The number of hydrogen-bond acceptors (Lipinski definition) is 0. The van der Waals surface area contributed by atoms with Crippen molar-refractivity contribution in [3.05, 3.63) is 233 Å². The maximum atomic E-state index is 3.66. The number of nitrogens with zero attached hydrogens (tertiary/aromatic N) is 6. The number of hydrogen-bond donors (Lipinski definition) is 0. The number of benzene rings is 6. The zero-order chi connectivity index (χ0) is 59.0. The first-order valence-electron chi connectivity index (χ1n) is 30.1. The predicted octanol–water partition coefficient (Wildman–Crippen LogP) is 10.2. The average Bonchev–Trinajstić information content (AvgIpc) is 2.66. The number of imidazole rings is 3. The second-order valence-electron chi connectivity index (χ2n) is 25.0. The fraction of sp³-hybridized carbons (Fsp3) is 0.400. The molecule has 3 heterocycles. The van der Waals surface area contributed by atoms with Gasteiger partial charge < -0.3 is 54.9 Å². The van der Waals surface area contributed by atoms with Crippen molar-refractivity contribution in [2.75, 3.05) is 0 Å². The molecule has 0 saturated heterocycles. The molecule has 0 atom stereocenters. The van der Waals surface area contributed by atoms with Gasteiger partial charge in [0, 0.05) is 77.4 Å². The van der Waals surface area contributed by atoms with Crippen LogP contribution in [0.2, 0.25) is 0 Å². The van der Waals surface area contributed by atoms with Crippen LogP contribution in [0.25, 0.3) is 34.1 Å². The Morgan fingerprint density at radius 1 is 0.310 bits per heavy atom. The molecule has 0 aliphatic carbocycles. The van der Waals surface area contributed by atoms with Gasteiger partial charge in [-0.3, -0.25) is 18.3 Å². The summed E-state index contributed by atoms with van der Waals surface area (Å²) in [6, 6.07) is 45.8. The van der Waals surface area contributed by atoms with Gasteiger partial charge in [0.05, 0.1) is 22.7 Å². The normalized spacial score (nSPS) is 11.0. The molecule has 6 aromatic carbocycles. The van der Waals surface area contributed by atoms with E-state index >= 15 is 0 Å². The van der Waals surface area contributed by atoms with Gasteiger partial charge in [0.1, 0.15) is 0 Å². The molecule has 0 saturated carbocycles. The maximum Gasteiger partial charge on any atom is 3.00 e. The summed E-state index contributed by atoms with van der Waals surface area (Å²) >= 11 is 0. The Bertz CT molecular complexity index is 3050. The number of para-hydroxylation sites is 6. The third-order valence-corrected chi connectivity index (χ3v) is 15.5. The van der Waals surface area contributed by atoms with Gasteiger partial charge in [-0.05, 0) is 103 Å². The van der Waals surface area contributed by atoms with Gasteiger partial charge in [0.25, 0.3) is 19.0 Å². The van der Waals surface area contributed by atoms with Crippen LogP contribution in [0.4, 0.5) is 0 Å². The van der Waals surface area contributed by atoms with Gasteiger partial charge in [0.2, 0.25) is 0 Å². The van der Waals surface area contributed by atoms with E-state index in [1.54, 1.807) is 0 Å². The van der Waals surface area contributed by atoms with Crippen molar-refractivity contribution in [2.24, 2.45) is 0 Å². The van der Waals surface area contributed by atoms with Crippen LogP contribution in [0.15, 0.2) is 146 Å². The molecule has 0 fully saturated rings. The van der Waals surface area contributed by atoms with Crippen molar-refractivity contribution in [1.82, 2.24) is 13.7 Å². The fourth-order valence-electron chi connectivity index (χ4n) is 11.1. The summed E-state index contributed by atoms with van der Waals surface area (Å²) in [5.41, 5.74) is 20.8. The van der Waals surface area contributed by atoms with Crippen molar-refractivity contribution in [3.8, 4) is 34.1 Å². The molecule has 9 rings (SSSR count). The fourth-order valence-corrected chi connectivity index (χ4v) is 11.1. The number of rotatable bonds is 16. The smallest absolute Gasteiger partial charge is 1.00 e. The van der Waals surface area contributed by atoms with E-state index in [1.165, 1.54) is 78.4 Å². The molecule has 9 aromatic rings. The molecule has 0 amide bonds. The van der Waals surface area contributed by atoms with E-state index < -0.39 is 0 Å². The molecule has 486 valence electrons. The summed E-state index contributed by atoms with van der Waals surface area (Å²) in [7, 11) is 0. The van der Waals surface area contributed by atoms with Crippen LogP contribution in [0, 0.1) is 31.1 Å². The monoisotopic (exact) mass is 1770 g/mol. The van der Waals surface area contributed by atoms with Gasteiger partial charge in [-0.25, -0.2) is 0 Å². The average molecular weight is 1770 g/mol. The molecule has 0 aliphatic heterocycles. The summed E-state index contributed by atoms with van der Waals surface area (Å²) in [6.07, 6.45) is 23.4. The Kier molecular flexibility index (Phi) is 34.0. The van der Waals surface area contributed by atoms with Crippen molar-refractivity contribution in [1.29, 1.82) is 0 Å². The summed E-state index contributed by atoms with van der Waals surface area (Å²) in [5.74, 6) is 4.57. The van der Waals surface area contributed by atoms with Gasteiger partial charge in [-0.2, -0.15) is 48.5 Å². The van der Waals surface area contributed by atoms with Crippen LogP contribution in [0.5, 0.6) is 0 Å². The van der Waals surface area contributed by atoms with E-state index in [0.29, 0.717) is 59.2 Å². The second kappa shape index (κ2) is 36.6. The molecule has 0 aliphatic rings. The van der Waals surface area contributed by atoms with Crippen LogP contribution in [-0.4, -0.2) is 13.7 Å². The molecular formula is C75H100Cl3Ir3N6-8. The summed E-state index contributed by atoms with van der Waals surface area (Å²) in [5, 5.41) is 0. The zero-order valence-corrected chi connectivity index (χ0v) is 64.4. The van der Waals surface area contributed by atoms with Crippen LogP contribution in [0.3, 0.4) is 0 Å². The first-order chi connectivity index (χ1) is 38.5. The van der Waals surface area contributed by atoms with Crippen molar-refractivity contribution < 1.29 is 120 Å². The molecule has 0 spiro atoms. The molecule has 6 nitrogen and oxygen atoms in total. The largest absolute Gasteiger partial charge is 3.00 e. The zero-order valence-electron chi connectivity index (χ0n) is 60.9. The second-order valence-corrected chi connectivity index (χ2v) is 25.0. The minimum absolute atomic E-state index is 0. The van der Waals surface area contributed by atoms with Crippen LogP contribution >= 0.6 is 0 Å². The minimum atomic E-state index is 0. The number of halogens is 3. The van der Waals surface area contributed by atoms with E-state index in [1.807, 2.05) is 45.8 Å². The standard InChI is InChI=1S/2C27H36N2.C21H22N2.3ClH.3Ir.6H/c2*1-18(2)22-11-9-12-23(19(3)4)26(22)28-15-16-29(17-28)27-24(20(5)6)13-10-14-25(27)21(7)8;1-16(2)18-9-5-7-11-20(18)22-13-14-23(15-22)21-12-8-6-10-19(21)17(3)4;;;;;;;;;;;;/h2*9-16,18-21H,1-8H3;5-10,13-14,16-17H,1-4H3;3*1H;;;;;;;;;/q;;-2;;;;;;+3;6*-1/p-3. The molecule has 12 heteroatoms. The molecule has 3 aromatic heterocycles. The Morgan fingerprint density at radius 2 is 0.563 bits per heavy atom. The van der Waals surface area contributed by atoms with E-state index in [9.17, 15) is 0 Å². The maximum absolute atomic E-state index is 3.66. The minimum Gasteiger partial charge on any atom is -1.00 e. The third-order valence-electron chi connectivity index (χ3n) is 15.5. The SMILES string of the molecule is CC(C)c1ccc[c-]c1-n1[c-][n+](-c2[c-]cccc2C(C)C)cc1.CC(C)c1cccc(C(C)C)c1-n1[c-][n+](-c2c(C(C)C)cccc2C(C)C)cc1.CC(C)c1cccc(C(C)C)c1-n1[c-][n+](-c2c(C(C)C)cccc2C(C)C)cc1.[Cl-].[Cl-].[Cl-].[H-].[H-].[H-].[H-].[H-].[H-].[Ir+3].[Ir].[Ir]. The van der Waals surface area contributed by atoms with E-state index in [0.717, 1.165) is 11.4 Å². The molecular weight excluding hydrogens is 1670 g/mol. The topological polar surface area (TPSA) is 26.4 Å². The molecule has 0 N–H and O–H groups in total. The van der Waals surface area contributed by atoms with Crippen molar-refractivity contribution in [3.63, 3.8) is 0 Å². The van der Waals surface area contributed by atoms with Gasteiger partial charge >= 0.3 is 20.1 Å². The van der Waals surface area contributed by atoms with Crippen LogP contribution in [-0.2, 0) is 60.3 Å². The Morgan fingerprint density at radius 3 is 0.885 bits per heavy atom. The summed E-state index contributed by atoms with van der Waals surface area (Å²) in [6.45, 7) is 45.1. The first-order valence-corrected chi connectivity index (χ1v) is 30.1. The van der Waals surface area contributed by atoms with Gasteiger partial charge in [-0.15, -0.1) is 11.1 Å². The van der Waals surface area contributed by atoms with E-state index in [-0.39, 0.29) is 106 Å². The quantitative estimate of drug-likeness (QED) is 0.0681. The van der Waals surface area contributed by atoms with E-state index in [4.69, 9.17) is 0 Å². The Labute approximate surface area is 593 Å². The van der Waals surface area contributed by atoms with Crippen LogP contribution in [0.1, 0.15) is 262 Å². The molecule has 0 bridgehead atoms. The van der Waals surface area contributed by atoms with Crippen molar-refractivity contribution in [2.45, 2.75) is 198 Å². The summed E-state index contributed by atoms with van der Waals surface area (Å²) < 4.78 is 12.8. The van der Waals surface area contributed by atoms with E-state index in [2.05, 4.69) is 298 Å². The third kappa shape index (κ3) is 19.2. The number of aromatic nitrogens is 6. The van der Waals surface area contributed by atoms with Gasteiger partial charge in [0.15, 0.2) is 0 Å². The molecule has 0 unspecified atom stereocenters. The van der Waals surface area contributed by atoms with Crippen molar-refractivity contribution >= 4 is 0 Å². The predicted molar refractivity (Wildman–Crippen MR) is 344 cm³/mol. The molecule has 2 radical (unpaired) electrons.